The van der Waals surface area contributed by atoms with Gasteiger partial charge < -0.3 is 14.1 Å². The van der Waals surface area contributed by atoms with Crippen molar-refractivity contribution in [2.75, 3.05) is 13.2 Å². The summed E-state index contributed by atoms with van der Waals surface area (Å²) in [4.78, 5) is 39.3. The normalized spacial score (nSPS) is 20.4. The Morgan fingerprint density at radius 2 is 2.03 bits per heavy atom. The molecular formula is C23H20N2O6. The van der Waals surface area contributed by atoms with Crippen molar-refractivity contribution in [3.05, 3.63) is 85.3 Å². The Hall–Kier alpha value is -3.52. The third-order valence-corrected chi connectivity index (χ3v) is 5.94. The molecule has 8 nitrogen and oxygen atoms in total. The lowest BCUT2D eigenvalue weighted by Gasteiger charge is -2.27. The van der Waals surface area contributed by atoms with E-state index in [0.717, 1.165) is 18.4 Å². The highest BCUT2D eigenvalue weighted by Gasteiger charge is 2.44. The molecule has 0 bridgehead atoms. The zero-order valence-corrected chi connectivity index (χ0v) is 16.9. The van der Waals surface area contributed by atoms with Gasteiger partial charge in [0.1, 0.15) is 5.58 Å². The van der Waals surface area contributed by atoms with Gasteiger partial charge in [-0.3, -0.25) is 19.7 Å². The standard InChI is InChI=1S/C23H20N2O6/c1-13-7-8-18-17(10-13)21(26)19-20(14-4-2-5-15(11-14)25(28)29)24(23(27)22(19)31-18)12-16-6-3-9-30-16/h2,4-5,7-8,10-11,16,20H,3,6,9,12H2,1H3/t16-,20+/m0/s1. The molecule has 1 amide bonds. The van der Waals surface area contributed by atoms with Crippen LogP contribution < -0.4 is 5.43 Å². The maximum atomic E-state index is 13.5. The number of fused-ring (bicyclic) bond motifs is 2. The average Bonchev–Trinajstić information content (AvgIpc) is 3.36. The van der Waals surface area contributed by atoms with E-state index in [2.05, 4.69) is 0 Å². The maximum Gasteiger partial charge on any atom is 0.291 e. The average molecular weight is 420 g/mol. The van der Waals surface area contributed by atoms with Crippen LogP contribution in [0.4, 0.5) is 5.69 Å². The minimum absolute atomic E-state index is 0.00384. The molecule has 0 radical (unpaired) electrons. The molecule has 2 atom stereocenters. The van der Waals surface area contributed by atoms with E-state index in [0.29, 0.717) is 23.1 Å². The summed E-state index contributed by atoms with van der Waals surface area (Å²) >= 11 is 0. The van der Waals surface area contributed by atoms with Gasteiger partial charge in [0.25, 0.3) is 11.6 Å². The number of benzene rings is 2. The smallest absolute Gasteiger partial charge is 0.291 e. The maximum absolute atomic E-state index is 13.5. The first-order valence-corrected chi connectivity index (χ1v) is 10.2. The Labute approximate surface area is 177 Å². The highest BCUT2D eigenvalue weighted by Crippen LogP contribution is 2.39. The topological polar surface area (TPSA) is 103 Å². The molecule has 31 heavy (non-hydrogen) atoms. The van der Waals surface area contributed by atoms with Gasteiger partial charge in [-0.25, -0.2) is 0 Å². The molecule has 2 aromatic carbocycles. The van der Waals surface area contributed by atoms with Crippen molar-refractivity contribution >= 4 is 22.6 Å². The molecule has 0 unspecified atom stereocenters. The molecule has 0 spiro atoms. The molecule has 3 heterocycles. The molecule has 0 N–H and O–H groups in total. The largest absolute Gasteiger partial charge is 0.450 e. The van der Waals surface area contributed by atoms with Gasteiger partial charge in [0, 0.05) is 25.3 Å². The van der Waals surface area contributed by atoms with Crippen molar-refractivity contribution in [2.45, 2.75) is 31.9 Å². The monoisotopic (exact) mass is 420 g/mol. The summed E-state index contributed by atoms with van der Waals surface area (Å²) in [5.74, 6) is -0.405. The van der Waals surface area contributed by atoms with Gasteiger partial charge in [0.2, 0.25) is 5.76 Å². The number of hydrogen-bond donors (Lipinski definition) is 0. The first kappa shape index (κ1) is 19.4. The first-order valence-electron chi connectivity index (χ1n) is 10.2. The Kier molecular flexibility index (Phi) is 4.59. The summed E-state index contributed by atoms with van der Waals surface area (Å²) in [7, 11) is 0. The fourth-order valence-corrected chi connectivity index (χ4v) is 4.49. The molecule has 2 aliphatic heterocycles. The lowest BCUT2D eigenvalue weighted by atomic mass is 9.97. The van der Waals surface area contributed by atoms with Crippen LogP contribution in [0.1, 0.15) is 46.1 Å². The Balaban J connectivity index is 1.72. The van der Waals surface area contributed by atoms with E-state index in [1.807, 2.05) is 13.0 Å². The molecule has 1 fully saturated rings. The summed E-state index contributed by atoms with van der Waals surface area (Å²) in [6.07, 6.45) is 1.57. The van der Waals surface area contributed by atoms with Gasteiger partial charge in [0.05, 0.1) is 28.0 Å². The zero-order valence-electron chi connectivity index (χ0n) is 16.9. The van der Waals surface area contributed by atoms with Crippen LogP contribution in [0.5, 0.6) is 0 Å². The molecule has 0 aliphatic carbocycles. The minimum atomic E-state index is -0.771. The third-order valence-electron chi connectivity index (χ3n) is 5.94. The van der Waals surface area contributed by atoms with E-state index in [4.69, 9.17) is 9.15 Å². The third kappa shape index (κ3) is 3.19. The number of amides is 1. The van der Waals surface area contributed by atoms with Crippen molar-refractivity contribution in [3.63, 3.8) is 0 Å². The number of carbonyl (C=O) groups excluding carboxylic acids is 1. The second-order valence-electron chi connectivity index (χ2n) is 8.02. The van der Waals surface area contributed by atoms with E-state index in [1.165, 1.54) is 12.1 Å². The number of nitro benzene ring substituents is 1. The molecule has 5 rings (SSSR count). The predicted octanol–water partition coefficient (Wildman–Crippen LogP) is 3.73. The van der Waals surface area contributed by atoms with Crippen LogP contribution >= 0.6 is 0 Å². The number of rotatable bonds is 4. The minimum Gasteiger partial charge on any atom is -0.450 e. The number of nitrogens with zero attached hydrogens (tertiary/aromatic N) is 2. The Morgan fingerprint density at radius 1 is 1.19 bits per heavy atom. The number of ether oxygens (including phenoxy) is 1. The molecule has 0 saturated carbocycles. The summed E-state index contributed by atoms with van der Waals surface area (Å²) in [6.45, 7) is 2.78. The van der Waals surface area contributed by atoms with E-state index in [9.17, 15) is 19.7 Å². The first-order chi connectivity index (χ1) is 14.9. The lowest BCUT2D eigenvalue weighted by molar-refractivity contribution is -0.384. The van der Waals surface area contributed by atoms with E-state index < -0.39 is 16.9 Å². The van der Waals surface area contributed by atoms with Crippen LogP contribution in [-0.4, -0.2) is 35.0 Å². The molecule has 3 aromatic rings. The summed E-state index contributed by atoms with van der Waals surface area (Å²) < 4.78 is 11.6. The van der Waals surface area contributed by atoms with E-state index in [1.54, 1.807) is 29.2 Å². The predicted molar refractivity (Wildman–Crippen MR) is 112 cm³/mol. The van der Waals surface area contributed by atoms with Crippen LogP contribution in [-0.2, 0) is 4.74 Å². The van der Waals surface area contributed by atoms with E-state index in [-0.39, 0.29) is 35.1 Å². The quantitative estimate of drug-likeness (QED) is 0.471. The van der Waals surface area contributed by atoms with Gasteiger partial charge in [-0.05, 0) is 37.5 Å². The van der Waals surface area contributed by atoms with Gasteiger partial charge >= 0.3 is 0 Å². The number of aryl methyl sites for hydroxylation is 1. The van der Waals surface area contributed by atoms with Crippen LogP contribution in [0.25, 0.3) is 11.0 Å². The van der Waals surface area contributed by atoms with Crippen molar-refractivity contribution in [3.8, 4) is 0 Å². The van der Waals surface area contributed by atoms with Gasteiger partial charge in [0.15, 0.2) is 5.43 Å². The fraction of sp³-hybridized carbons (Fsp3) is 0.304. The highest BCUT2D eigenvalue weighted by atomic mass is 16.6. The van der Waals surface area contributed by atoms with Gasteiger partial charge in [-0.15, -0.1) is 0 Å². The van der Waals surface area contributed by atoms with Crippen LogP contribution in [0.2, 0.25) is 0 Å². The second kappa shape index (κ2) is 7.31. The number of hydrogen-bond acceptors (Lipinski definition) is 6. The molecule has 2 aliphatic rings. The lowest BCUT2D eigenvalue weighted by Crippen LogP contribution is -2.36. The van der Waals surface area contributed by atoms with Crippen molar-refractivity contribution in [2.24, 2.45) is 0 Å². The van der Waals surface area contributed by atoms with Gasteiger partial charge in [-0.2, -0.15) is 0 Å². The molecular weight excluding hydrogens is 400 g/mol. The fourth-order valence-electron chi connectivity index (χ4n) is 4.49. The number of nitro groups is 1. The summed E-state index contributed by atoms with van der Waals surface area (Å²) in [6, 6.07) is 10.5. The van der Waals surface area contributed by atoms with Crippen LogP contribution in [0.3, 0.4) is 0 Å². The van der Waals surface area contributed by atoms with E-state index >= 15 is 0 Å². The van der Waals surface area contributed by atoms with Crippen molar-refractivity contribution in [1.82, 2.24) is 4.90 Å². The van der Waals surface area contributed by atoms with Gasteiger partial charge in [-0.1, -0.05) is 23.8 Å². The highest BCUT2D eigenvalue weighted by molar-refractivity contribution is 5.99. The SMILES string of the molecule is Cc1ccc2oc3c(c(=O)c2c1)[C@@H](c1cccc([N+](=O)[O-])c1)N(C[C@@H]1CCCO1)C3=O. The number of non-ortho nitro benzene ring substituents is 1. The summed E-state index contributed by atoms with van der Waals surface area (Å²) in [5.41, 5.74) is 1.57. The molecule has 8 heteroatoms. The number of carbonyl (C=O) groups is 1. The second-order valence-corrected chi connectivity index (χ2v) is 8.02. The Morgan fingerprint density at radius 3 is 2.77 bits per heavy atom. The van der Waals surface area contributed by atoms with Crippen molar-refractivity contribution in [1.29, 1.82) is 0 Å². The zero-order chi connectivity index (χ0) is 21.7. The summed E-state index contributed by atoms with van der Waals surface area (Å²) in [5, 5.41) is 11.7. The molecule has 1 aromatic heterocycles. The Bertz CT molecular complexity index is 1270. The van der Waals surface area contributed by atoms with Crippen molar-refractivity contribution < 1.29 is 18.9 Å². The molecule has 158 valence electrons. The molecule has 1 saturated heterocycles. The van der Waals surface area contributed by atoms with Crippen LogP contribution in [0.15, 0.2) is 51.7 Å². The van der Waals surface area contributed by atoms with Crippen LogP contribution in [0, 0.1) is 17.0 Å².